The average Bonchev–Trinajstić information content (AvgIpc) is 2.44. The lowest BCUT2D eigenvalue weighted by Crippen LogP contribution is -2.63. The van der Waals surface area contributed by atoms with Crippen molar-refractivity contribution in [2.24, 2.45) is 5.73 Å². The molecule has 1 aliphatic carbocycles. The molecule has 4 heteroatoms. The van der Waals surface area contributed by atoms with E-state index in [9.17, 15) is 0 Å². The summed E-state index contributed by atoms with van der Waals surface area (Å²) in [7, 11) is 1.76. The zero-order valence-corrected chi connectivity index (χ0v) is 11.9. The maximum atomic E-state index is 6.06. The summed E-state index contributed by atoms with van der Waals surface area (Å²) in [5.74, 6) is 0. The van der Waals surface area contributed by atoms with Crippen molar-refractivity contribution in [3.63, 3.8) is 0 Å². The molecule has 0 radical (unpaired) electrons. The number of hydrogen-bond acceptors (Lipinski definition) is 4. The van der Waals surface area contributed by atoms with Gasteiger partial charge in [0, 0.05) is 38.4 Å². The summed E-state index contributed by atoms with van der Waals surface area (Å²) in [6, 6.07) is 0.568. The molecular weight excluding hydrogens is 228 g/mol. The summed E-state index contributed by atoms with van der Waals surface area (Å²) in [6.07, 6.45) is 6.54. The lowest BCUT2D eigenvalue weighted by atomic mass is 9.85. The molecule has 18 heavy (non-hydrogen) atoms. The maximum absolute atomic E-state index is 6.06. The van der Waals surface area contributed by atoms with Gasteiger partial charge in [-0.25, -0.2) is 0 Å². The molecule has 2 fully saturated rings. The van der Waals surface area contributed by atoms with Gasteiger partial charge in [0.05, 0.1) is 12.7 Å². The molecule has 0 amide bonds. The Morgan fingerprint density at radius 2 is 2.17 bits per heavy atom. The molecule has 2 N–H and O–H groups in total. The molecule has 1 aliphatic heterocycles. The van der Waals surface area contributed by atoms with Crippen molar-refractivity contribution in [2.45, 2.75) is 56.7 Å². The van der Waals surface area contributed by atoms with Crippen molar-refractivity contribution in [2.75, 3.05) is 33.4 Å². The highest BCUT2D eigenvalue weighted by atomic mass is 16.5. The fourth-order valence-corrected chi connectivity index (χ4v) is 3.45. The molecule has 0 bridgehead atoms. The first-order valence-corrected chi connectivity index (χ1v) is 7.28. The fraction of sp³-hybridized carbons (Fsp3) is 1.00. The maximum Gasteiger partial charge on any atom is 0.0731 e. The Bertz CT molecular complexity index is 260. The number of hydrogen-bond donors (Lipinski definition) is 1. The Hall–Kier alpha value is -0.160. The van der Waals surface area contributed by atoms with Crippen LogP contribution < -0.4 is 5.73 Å². The normalized spacial score (nSPS) is 32.8. The summed E-state index contributed by atoms with van der Waals surface area (Å²) in [6.45, 7) is 5.62. The Kier molecular flexibility index (Phi) is 5.01. The highest BCUT2D eigenvalue weighted by Gasteiger charge is 2.42. The van der Waals surface area contributed by atoms with Crippen LogP contribution in [0.25, 0.3) is 0 Å². The van der Waals surface area contributed by atoms with Crippen molar-refractivity contribution in [1.29, 1.82) is 0 Å². The van der Waals surface area contributed by atoms with Gasteiger partial charge in [0.1, 0.15) is 0 Å². The molecule has 1 heterocycles. The van der Waals surface area contributed by atoms with Gasteiger partial charge < -0.3 is 15.2 Å². The largest absolute Gasteiger partial charge is 0.385 e. The second-order valence-electron chi connectivity index (χ2n) is 5.90. The molecule has 3 unspecified atom stereocenters. The van der Waals surface area contributed by atoms with Gasteiger partial charge in [-0.2, -0.15) is 0 Å². The topological polar surface area (TPSA) is 47.7 Å². The van der Waals surface area contributed by atoms with Crippen LogP contribution in [0.5, 0.6) is 0 Å². The quantitative estimate of drug-likeness (QED) is 0.807. The molecule has 0 aromatic carbocycles. The van der Waals surface area contributed by atoms with E-state index in [1.54, 1.807) is 7.11 Å². The van der Waals surface area contributed by atoms with Crippen LogP contribution in [-0.4, -0.2) is 56.0 Å². The molecule has 1 saturated heterocycles. The Morgan fingerprint density at radius 3 is 2.89 bits per heavy atom. The van der Waals surface area contributed by atoms with E-state index in [4.69, 9.17) is 15.2 Å². The second kappa shape index (κ2) is 6.33. The second-order valence-corrected chi connectivity index (χ2v) is 5.90. The van der Waals surface area contributed by atoms with Crippen molar-refractivity contribution < 1.29 is 9.47 Å². The van der Waals surface area contributed by atoms with Gasteiger partial charge in [0.15, 0.2) is 0 Å². The molecular formula is C14H28N2O2. The van der Waals surface area contributed by atoms with Gasteiger partial charge >= 0.3 is 0 Å². The van der Waals surface area contributed by atoms with E-state index in [0.29, 0.717) is 18.7 Å². The minimum absolute atomic E-state index is 0.0556. The number of fused-ring (bicyclic) bond motifs is 1. The third-order valence-corrected chi connectivity index (χ3v) is 4.71. The monoisotopic (exact) mass is 256 g/mol. The summed E-state index contributed by atoms with van der Waals surface area (Å²) in [5, 5.41) is 0. The van der Waals surface area contributed by atoms with Gasteiger partial charge in [-0.1, -0.05) is 12.8 Å². The first-order chi connectivity index (χ1) is 8.71. The third kappa shape index (κ3) is 2.87. The SMILES string of the molecule is COCCC(C)(CN)N1CCOC2CCCCC21. The van der Waals surface area contributed by atoms with Crippen molar-refractivity contribution >= 4 is 0 Å². The van der Waals surface area contributed by atoms with Crippen LogP contribution in [-0.2, 0) is 9.47 Å². The minimum atomic E-state index is 0.0556. The molecule has 3 atom stereocenters. The third-order valence-electron chi connectivity index (χ3n) is 4.71. The van der Waals surface area contributed by atoms with Gasteiger partial charge in [-0.05, 0) is 26.2 Å². The van der Waals surface area contributed by atoms with Crippen LogP contribution in [0.15, 0.2) is 0 Å². The van der Waals surface area contributed by atoms with E-state index in [1.165, 1.54) is 25.7 Å². The lowest BCUT2D eigenvalue weighted by Gasteiger charge is -2.52. The number of morpholine rings is 1. The zero-order chi connectivity index (χ0) is 13.0. The molecule has 106 valence electrons. The predicted octanol–water partition coefficient (Wildman–Crippen LogP) is 1.38. The number of methoxy groups -OCH3 is 1. The Balaban J connectivity index is 2.07. The van der Waals surface area contributed by atoms with E-state index in [2.05, 4.69) is 11.8 Å². The lowest BCUT2D eigenvalue weighted by molar-refractivity contribution is -0.125. The molecule has 4 nitrogen and oxygen atoms in total. The van der Waals surface area contributed by atoms with Crippen LogP contribution in [0.4, 0.5) is 0 Å². The average molecular weight is 256 g/mol. The van der Waals surface area contributed by atoms with Gasteiger partial charge in [-0.3, -0.25) is 4.90 Å². The fourth-order valence-electron chi connectivity index (χ4n) is 3.45. The summed E-state index contributed by atoms with van der Waals surface area (Å²) in [5.41, 5.74) is 6.12. The minimum Gasteiger partial charge on any atom is -0.385 e. The number of ether oxygens (including phenoxy) is 2. The zero-order valence-electron chi connectivity index (χ0n) is 11.9. The summed E-state index contributed by atoms with van der Waals surface area (Å²) >= 11 is 0. The number of rotatable bonds is 5. The van der Waals surface area contributed by atoms with Crippen molar-refractivity contribution in [1.82, 2.24) is 4.90 Å². The van der Waals surface area contributed by atoms with E-state index in [0.717, 1.165) is 26.2 Å². The van der Waals surface area contributed by atoms with Gasteiger partial charge in [-0.15, -0.1) is 0 Å². The van der Waals surface area contributed by atoms with Crippen LogP contribution in [0.2, 0.25) is 0 Å². The smallest absolute Gasteiger partial charge is 0.0731 e. The summed E-state index contributed by atoms with van der Waals surface area (Å²) in [4.78, 5) is 2.61. The first-order valence-electron chi connectivity index (χ1n) is 7.28. The Morgan fingerprint density at radius 1 is 1.39 bits per heavy atom. The Labute approximate surface area is 111 Å². The van der Waals surface area contributed by atoms with E-state index in [1.807, 2.05) is 0 Å². The van der Waals surface area contributed by atoms with E-state index in [-0.39, 0.29) is 5.54 Å². The molecule has 0 spiro atoms. The molecule has 1 saturated carbocycles. The van der Waals surface area contributed by atoms with Crippen LogP contribution in [0.3, 0.4) is 0 Å². The van der Waals surface area contributed by atoms with E-state index >= 15 is 0 Å². The van der Waals surface area contributed by atoms with Crippen LogP contribution >= 0.6 is 0 Å². The number of nitrogens with zero attached hydrogens (tertiary/aromatic N) is 1. The molecule has 0 aromatic rings. The van der Waals surface area contributed by atoms with Gasteiger partial charge in [0.2, 0.25) is 0 Å². The summed E-state index contributed by atoms with van der Waals surface area (Å²) < 4.78 is 11.2. The molecule has 0 aromatic heterocycles. The highest BCUT2D eigenvalue weighted by molar-refractivity contribution is 4.97. The van der Waals surface area contributed by atoms with Crippen molar-refractivity contribution in [3.8, 4) is 0 Å². The van der Waals surface area contributed by atoms with E-state index < -0.39 is 0 Å². The molecule has 2 aliphatic rings. The van der Waals surface area contributed by atoms with Gasteiger partial charge in [0.25, 0.3) is 0 Å². The highest BCUT2D eigenvalue weighted by Crippen LogP contribution is 2.33. The molecule has 2 rings (SSSR count). The first kappa shape index (κ1) is 14.3. The van der Waals surface area contributed by atoms with Crippen molar-refractivity contribution in [3.05, 3.63) is 0 Å². The standard InChI is InChI=1S/C14H28N2O2/c1-14(11-15,7-9-17-2)16-8-10-18-13-6-4-3-5-12(13)16/h12-13H,3-11,15H2,1-2H3. The van der Waals surface area contributed by atoms with Crippen LogP contribution in [0, 0.1) is 0 Å². The number of nitrogens with two attached hydrogens (primary N) is 1. The predicted molar refractivity (Wildman–Crippen MR) is 72.7 cm³/mol. The van der Waals surface area contributed by atoms with Crippen LogP contribution in [0.1, 0.15) is 39.0 Å².